The normalized spacial score (nSPS) is 11.3. The molecule has 0 heterocycles. The minimum absolute atomic E-state index is 0. The molecule has 2 nitrogen and oxygen atoms in total. The first-order valence-electron chi connectivity index (χ1n) is 9.76. The molecular weight excluding hydrogens is 415 g/mol. The van der Waals surface area contributed by atoms with E-state index in [9.17, 15) is 0 Å². The lowest BCUT2D eigenvalue weighted by atomic mass is 10.1. The van der Waals surface area contributed by atoms with E-state index >= 15 is 0 Å². The number of aliphatic imine (C=N–C) groups is 1. The second-order valence-corrected chi connectivity index (χ2v) is 7.13. The number of hydrogen-bond acceptors (Lipinski definition) is 2. The zero-order valence-electron chi connectivity index (χ0n) is 15.9. The van der Waals surface area contributed by atoms with Crippen LogP contribution in [-0.2, 0) is 0 Å². The van der Waals surface area contributed by atoms with Gasteiger partial charge in [0.1, 0.15) is 0 Å². The summed E-state index contributed by atoms with van der Waals surface area (Å²) in [5, 5.41) is 4.47. The van der Waals surface area contributed by atoms with Crippen LogP contribution in [0.5, 0.6) is 0 Å². The van der Waals surface area contributed by atoms with Crippen molar-refractivity contribution < 1.29 is 0 Å². The van der Waals surface area contributed by atoms with E-state index in [0.717, 1.165) is 18.3 Å². The topological polar surface area (TPSA) is 24.4 Å². The Morgan fingerprint density at radius 3 is 1.65 bits per heavy atom. The molecule has 0 fully saturated rings. The fourth-order valence-electron chi connectivity index (χ4n) is 2.56. The maximum absolute atomic E-state index is 4.48. The van der Waals surface area contributed by atoms with E-state index in [1.807, 2.05) is 11.8 Å². The second kappa shape index (κ2) is 22.6. The number of unbranched alkanes of at least 4 members (excludes halogenated alkanes) is 11. The van der Waals surface area contributed by atoms with Gasteiger partial charge in [-0.05, 0) is 20.3 Å². The third-order valence-corrected chi connectivity index (χ3v) is 4.91. The summed E-state index contributed by atoms with van der Waals surface area (Å²) in [6, 6.07) is 0. The maximum Gasteiger partial charge on any atom is 0.156 e. The van der Waals surface area contributed by atoms with Crippen molar-refractivity contribution >= 4 is 40.9 Å². The molecule has 0 aromatic carbocycles. The molecule has 0 radical (unpaired) electrons. The highest BCUT2D eigenvalue weighted by atomic mass is 127. The number of amidine groups is 1. The Labute approximate surface area is 167 Å². The van der Waals surface area contributed by atoms with Crippen molar-refractivity contribution in [2.75, 3.05) is 18.8 Å². The maximum atomic E-state index is 4.48. The van der Waals surface area contributed by atoms with Gasteiger partial charge in [-0.2, -0.15) is 0 Å². The number of rotatable bonds is 15. The zero-order chi connectivity index (χ0) is 16.3. The van der Waals surface area contributed by atoms with Gasteiger partial charge in [0.2, 0.25) is 0 Å². The molecule has 0 aromatic rings. The Balaban J connectivity index is 0. The van der Waals surface area contributed by atoms with E-state index in [2.05, 4.69) is 31.1 Å². The van der Waals surface area contributed by atoms with Crippen molar-refractivity contribution in [3.8, 4) is 0 Å². The van der Waals surface area contributed by atoms with Crippen LogP contribution < -0.4 is 5.32 Å². The predicted octanol–water partition coefficient (Wildman–Crippen LogP) is 7.02. The van der Waals surface area contributed by atoms with Crippen LogP contribution in [0.25, 0.3) is 0 Å². The van der Waals surface area contributed by atoms with Gasteiger partial charge in [-0.25, -0.2) is 0 Å². The van der Waals surface area contributed by atoms with E-state index in [-0.39, 0.29) is 24.0 Å². The number of hydrogen-bond donors (Lipinski definition) is 1. The first-order chi connectivity index (χ1) is 10.8. The van der Waals surface area contributed by atoms with Crippen molar-refractivity contribution in [3.63, 3.8) is 0 Å². The highest BCUT2D eigenvalue weighted by molar-refractivity contribution is 14.0. The number of nitrogens with zero attached hydrogens (tertiary/aromatic N) is 1. The molecule has 0 spiro atoms. The smallest absolute Gasteiger partial charge is 0.156 e. The molecule has 0 amide bonds. The van der Waals surface area contributed by atoms with Crippen molar-refractivity contribution in [2.45, 2.75) is 97.8 Å². The van der Waals surface area contributed by atoms with Crippen LogP contribution in [0.1, 0.15) is 97.8 Å². The Morgan fingerprint density at radius 1 is 0.739 bits per heavy atom. The average molecular weight is 457 g/mol. The van der Waals surface area contributed by atoms with Gasteiger partial charge in [-0.15, -0.1) is 24.0 Å². The molecule has 0 aliphatic rings. The van der Waals surface area contributed by atoms with E-state index in [4.69, 9.17) is 0 Å². The fraction of sp³-hybridized carbons (Fsp3) is 0.947. The highest BCUT2D eigenvalue weighted by Gasteiger charge is 1.98. The first kappa shape index (κ1) is 25.8. The molecule has 0 aliphatic carbocycles. The Hall–Kier alpha value is 0.550. The molecular formula is C19H41IN2S. The number of nitrogens with one attached hydrogen (secondary N) is 1. The Kier molecular flexibility index (Phi) is 25.3. The molecule has 0 atom stereocenters. The first-order valence-corrected chi connectivity index (χ1v) is 10.7. The van der Waals surface area contributed by atoms with Crippen LogP contribution in [0.15, 0.2) is 4.99 Å². The summed E-state index contributed by atoms with van der Waals surface area (Å²) in [4.78, 5) is 4.48. The van der Waals surface area contributed by atoms with Gasteiger partial charge >= 0.3 is 0 Å². The number of halogens is 1. The van der Waals surface area contributed by atoms with Gasteiger partial charge < -0.3 is 5.32 Å². The van der Waals surface area contributed by atoms with Crippen LogP contribution in [0.4, 0.5) is 0 Å². The molecule has 0 aliphatic heterocycles. The summed E-state index contributed by atoms with van der Waals surface area (Å²) in [7, 11) is 0. The molecule has 0 bridgehead atoms. The molecule has 140 valence electrons. The second-order valence-electron chi connectivity index (χ2n) is 6.05. The fourth-order valence-corrected chi connectivity index (χ4v) is 3.57. The SMILES string of the molecule is CCCCCCCCCCCCCCSC(=NCC)NCC.I. The van der Waals surface area contributed by atoms with Crippen LogP contribution >= 0.6 is 35.7 Å². The summed E-state index contributed by atoms with van der Waals surface area (Å²) in [6.07, 6.45) is 17.1. The summed E-state index contributed by atoms with van der Waals surface area (Å²) < 4.78 is 0. The quantitative estimate of drug-likeness (QED) is 0.124. The zero-order valence-corrected chi connectivity index (χ0v) is 19.0. The Bertz CT molecular complexity index is 248. The largest absolute Gasteiger partial charge is 0.365 e. The third-order valence-electron chi connectivity index (χ3n) is 3.87. The van der Waals surface area contributed by atoms with Crippen molar-refractivity contribution in [2.24, 2.45) is 4.99 Å². The molecule has 1 N–H and O–H groups in total. The van der Waals surface area contributed by atoms with Crippen LogP contribution in [0.2, 0.25) is 0 Å². The van der Waals surface area contributed by atoms with Gasteiger partial charge in [0.15, 0.2) is 5.17 Å². The Morgan fingerprint density at radius 2 is 1.22 bits per heavy atom. The van der Waals surface area contributed by atoms with Gasteiger partial charge in [0.25, 0.3) is 0 Å². The lowest BCUT2D eigenvalue weighted by Crippen LogP contribution is -2.20. The molecule has 0 unspecified atom stereocenters. The monoisotopic (exact) mass is 456 g/mol. The highest BCUT2D eigenvalue weighted by Crippen LogP contribution is 2.13. The van der Waals surface area contributed by atoms with Crippen LogP contribution in [0.3, 0.4) is 0 Å². The molecule has 4 heteroatoms. The van der Waals surface area contributed by atoms with Crippen molar-refractivity contribution in [1.82, 2.24) is 5.32 Å². The van der Waals surface area contributed by atoms with Gasteiger partial charge in [0.05, 0.1) is 0 Å². The third kappa shape index (κ3) is 20.5. The predicted molar refractivity (Wildman–Crippen MR) is 121 cm³/mol. The minimum atomic E-state index is 0. The van der Waals surface area contributed by atoms with E-state index in [0.29, 0.717) is 0 Å². The molecule has 23 heavy (non-hydrogen) atoms. The van der Waals surface area contributed by atoms with Crippen LogP contribution in [0, 0.1) is 0 Å². The molecule has 0 aromatic heterocycles. The van der Waals surface area contributed by atoms with E-state index < -0.39 is 0 Å². The lowest BCUT2D eigenvalue weighted by molar-refractivity contribution is 0.548. The summed E-state index contributed by atoms with van der Waals surface area (Å²) in [6.45, 7) is 8.38. The van der Waals surface area contributed by atoms with Gasteiger partial charge in [0, 0.05) is 18.8 Å². The molecule has 0 saturated heterocycles. The molecule has 0 rings (SSSR count). The average Bonchev–Trinajstić information content (AvgIpc) is 2.52. The lowest BCUT2D eigenvalue weighted by Gasteiger charge is -2.07. The van der Waals surface area contributed by atoms with Crippen molar-refractivity contribution in [1.29, 1.82) is 0 Å². The van der Waals surface area contributed by atoms with Crippen LogP contribution in [-0.4, -0.2) is 24.0 Å². The van der Waals surface area contributed by atoms with Gasteiger partial charge in [-0.3, -0.25) is 4.99 Å². The van der Waals surface area contributed by atoms with E-state index in [1.54, 1.807) is 0 Å². The number of thioether (sulfide) groups is 1. The molecule has 0 saturated carbocycles. The summed E-state index contributed by atoms with van der Waals surface area (Å²) >= 11 is 1.89. The minimum Gasteiger partial charge on any atom is -0.365 e. The standard InChI is InChI=1S/C19H40N2S.HI/c1-4-7-8-9-10-11-12-13-14-15-16-17-18-22-19(20-5-2)21-6-3;/h4-18H2,1-3H3,(H,20,21);1H. The van der Waals surface area contributed by atoms with E-state index in [1.165, 1.54) is 82.8 Å². The summed E-state index contributed by atoms with van der Waals surface area (Å²) in [5.74, 6) is 1.21. The van der Waals surface area contributed by atoms with Crippen molar-refractivity contribution in [3.05, 3.63) is 0 Å². The van der Waals surface area contributed by atoms with Gasteiger partial charge in [-0.1, -0.05) is 89.3 Å². The summed E-state index contributed by atoms with van der Waals surface area (Å²) in [5.41, 5.74) is 0.